The molecule has 1 unspecified atom stereocenters. The third kappa shape index (κ3) is 9.01. The van der Waals surface area contributed by atoms with Crippen molar-refractivity contribution in [1.29, 1.82) is 0 Å². The van der Waals surface area contributed by atoms with Crippen LogP contribution in [0.3, 0.4) is 0 Å². The smallest absolute Gasteiger partial charge is 0.309 e. The van der Waals surface area contributed by atoms with E-state index in [1.54, 1.807) is 49.4 Å². The summed E-state index contributed by atoms with van der Waals surface area (Å²) in [5, 5.41) is 19.0. The van der Waals surface area contributed by atoms with Crippen LogP contribution in [0.5, 0.6) is 23.1 Å². The van der Waals surface area contributed by atoms with E-state index in [4.69, 9.17) is 18.9 Å². The Morgan fingerprint density at radius 2 is 1.56 bits per heavy atom. The highest BCUT2D eigenvalue weighted by molar-refractivity contribution is 7.81. The number of benzene rings is 2. The molecule has 0 fully saturated rings. The van der Waals surface area contributed by atoms with Crippen molar-refractivity contribution < 1.29 is 42.7 Å². The van der Waals surface area contributed by atoms with E-state index in [1.807, 2.05) is 32.9 Å². The SMILES string of the molecule is COc1ccccc1Oc1c(OCCC(=O)OCC(C)(CO)CO)nc(-c2ncccn2)nc1N(c1ccc(C(C)(C)C)cc1)S(=O)[O-]. The van der Waals surface area contributed by atoms with Crippen LogP contribution in [0.1, 0.15) is 39.7 Å². The van der Waals surface area contributed by atoms with Gasteiger partial charge in [0, 0.05) is 17.8 Å². The van der Waals surface area contributed by atoms with Crippen LogP contribution >= 0.6 is 0 Å². The van der Waals surface area contributed by atoms with Crippen molar-refractivity contribution in [3.8, 4) is 34.8 Å². The molecule has 256 valence electrons. The van der Waals surface area contributed by atoms with Crippen molar-refractivity contribution in [3.63, 3.8) is 0 Å². The minimum absolute atomic E-state index is 0.0684. The van der Waals surface area contributed by atoms with Crippen molar-refractivity contribution in [1.82, 2.24) is 19.9 Å². The zero-order chi connectivity index (χ0) is 34.9. The van der Waals surface area contributed by atoms with Crippen LogP contribution in [0.4, 0.5) is 11.5 Å². The van der Waals surface area contributed by atoms with E-state index in [1.165, 1.54) is 19.5 Å². The Hall–Kier alpha value is -4.70. The zero-order valence-corrected chi connectivity index (χ0v) is 28.1. The fourth-order valence-electron chi connectivity index (χ4n) is 4.15. The van der Waals surface area contributed by atoms with Gasteiger partial charge in [0.1, 0.15) is 13.2 Å². The lowest BCUT2D eigenvalue weighted by molar-refractivity contribution is -0.149. The Bertz CT molecular complexity index is 1700. The van der Waals surface area contributed by atoms with Gasteiger partial charge in [0.05, 0.1) is 43.7 Å². The second kappa shape index (κ2) is 15.9. The highest BCUT2D eigenvalue weighted by Gasteiger charge is 2.29. The molecule has 0 aliphatic carbocycles. The highest BCUT2D eigenvalue weighted by atomic mass is 32.2. The summed E-state index contributed by atoms with van der Waals surface area (Å²) >= 11 is -2.94. The molecule has 4 rings (SSSR count). The van der Waals surface area contributed by atoms with Gasteiger partial charge in [-0.1, -0.05) is 52.0 Å². The van der Waals surface area contributed by atoms with E-state index in [9.17, 15) is 23.8 Å². The zero-order valence-electron chi connectivity index (χ0n) is 27.3. The molecule has 2 heterocycles. The first kappa shape index (κ1) is 36.1. The molecule has 0 aliphatic heterocycles. The average molecular weight is 681 g/mol. The van der Waals surface area contributed by atoms with Gasteiger partial charge in [-0.15, -0.1) is 0 Å². The molecule has 2 aromatic carbocycles. The summed E-state index contributed by atoms with van der Waals surface area (Å²) in [6, 6.07) is 15.2. The van der Waals surface area contributed by atoms with E-state index in [0.29, 0.717) is 5.75 Å². The second-order valence-electron chi connectivity index (χ2n) is 12.0. The number of hydrogen-bond donors (Lipinski definition) is 2. The minimum atomic E-state index is -2.94. The van der Waals surface area contributed by atoms with E-state index >= 15 is 0 Å². The lowest BCUT2D eigenvalue weighted by atomic mass is 9.87. The molecule has 48 heavy (non-hydrogen) atoms. The van der Waals surface area contributed by atoms with Gasteiger partial charge < -0.3 is 33.7 Å². The molecule has 1 atom stereocenters. The van der Waals surface area contributed by atoms with Crippen LogP contribution < -0.4 is 18.5 Å². The third-order valence-corrected chi connectivity index (χ3v) is 7.74. The van der Waals surface area contributed by atoms with Gasteiger partial charge in [0.15, 0.2) is 23.1 Å². The fraction of sp³-hybridized carbons (Fsp3) is 0.364. The number of nitrogens with zero attached hydrogens (tertiary/aromatic N) is 5. The molecule has 2 aromatic heterocycles. The molecule has 0 spiro atoms. The highest BCUT2D eigenvalue weighted by Crippen LogP contribution is 2.44. The molecular weight excluding hydrogens is 642 g/mol. The van der Waals surface area contributed by atoms with Gasteiger partial charge in [-0.2, -0.15) is 4.98 Å². The van der Waals surface area contributed by atoms with Gasteiger partial charge in [-0.3, -0.25) is 13.3 Å². The van der Waals surface area contributed by atoms with Crippen molar-refractivity contribution in [2.45, 2.75) is 39.5 Å². The van der Waals surface area contributed by atoms with E-state index in [0.717, 1.165) is 9.87 Å². The maximum atomic E-state index is 13.0. The first-order valence-electron chi connectivity index (χ1n) is 14.9. The topological polar surface area (TPSA) is 189 Å². The average Bonchev–Trinajstić information content (AvgIpc) is 3.08. The molecule has 0 saturated carbocycles. The number of carbonyl (C=O) groups is 1. The second-order valence-corrected chi connectivity index (χ2v) is 12.8. The molecule has 0 saturated heterocycles. The van der Waals surface area contributed by atoms with Gasteiger partial charge in [-0.25, -0.2) is 15.0 Å². The maximum absolute atomic E-state index is 13.0. The van der Waals surface area contributed by atoms with Crippen LogP contribution in [0.15, 0.2) is 67.0 Å². The number of rotatable bonds is 15. The number of anilines is 2. The van der Waals surface area contributed by atoms with Crippen molar-refractivity contribution in [3.05, 3.63) is 72.6 Å². The number of esters is 1. The van der Waals surface area contributed by atoms with Crippen LogP contribution in [0.25, 0.3) is 11.6 Å². The number of aliphatic hydroxyl groups is 2. The Morgan fingerprint density at radius 3 is 2.15 bits per heavy atom. The summed E-state index contributed by atoms with van der Waals surface area (Å²) in [4.78, 5) is 30.0. The normalized spacial score (nSPS) is 12.2. The maximum Gasteiger partial charge on any atom is 0.309 e. The number of ether oxygens (including phenoxy) is 4. The molecule has 0 bridgehead atoms. The number of aromatic nitrogens is 4. The lowest BCUT2D eigenvalue weighted by Gasteiger charge is -2.29. The number of aliphatic hydroxyl groups excluding tert-OH is 2. The van der Waals surface area contributed by atoms with E-state index in [2.05, 4.69) is 19.9 Å². The Labute approximate surface area is 281 Å². The fourth-order valence-corrected chi connectivity index (χ4v) is 4.70. The number of hydrogen-bond acceptors (Lipinski definition) is 13. The first-order chi connectivity index (χ1) is 22.9. The monoisotopic (exact) mass is 680 g/mol. The number of para-hydroxylation sites is 2. The predicted octanol–water partition coefficient (Wildman–Crippen LogP) is 4.27. The van der Waals surface area contributed by atoms with Crippen molar-refractivity contribution in [2.75, 3.05) is 37.8 Å². The predicted molar refractivity (Wildman–Crippen MR) is 176 cm³/mol. The Morgan fingerprint density at radius 1 is 0.917 bits per heavy atom. The molecule has 14 nitrogen and oxygen atoms in total. The number of methoxy groups -OCH3 is 1. The summed E-state index contributed by atoms with van der Waals surface area (Å²) in [7, 11) is 1.45. The molecule has 0 aliphatic rings. The summed E-state index contributed by atoms with van der Waals surface area (Å²) < 4.78 is 49.8. The summed E-state index contributed by atoms with van der Waals surface area (Å²) in [5.41, 5.74) is 0.0109. The molecule has 0 amide bonds. The van der Waals surface area contributed by atoms with Crippen LogP contribution in [-0.4, -0.2) is 78.4 Å². The molecule has 0 radical (unpaired) electrons. The molecule has 2 N–H and O–H groups in total. The molecule has 15 heteroatoms. The third-order valence-electron chi connectivity index (χ3n) is 7.06. The van der Waals surface area contributed by atoms with Gasteiger partial charge >= 0.3 is 5.97 Å². The van der Waals surface area contributed by atoms with Gasteiger partial charge in [0.25, 0.3) is 5.88 Å². The van der Waals surface area contributed by atoms with Gasteiger partial charge in [-0.05, 0) is 41.3 Å². The van der Waals surface area contributed by atoms with Crippen LogP contribution in [0, 0.1) is 5.41 Å². The minimum Gasteiger partial charge on any atom is -0.755 e. The number of carbonyl (C=O) groups excluding carboxylic acids is 1. The molecule has 4 aromatic rings. The first-order valence-corrected chi connectivity index (χ1v) is 15.9. The van der Waals surface area contributed by atoms with Crippen LogP contribution in [0.2, 0.25) is 0 Å². The van der Waals surface area contributed by atoms with E-state index in [-0.39, 0.29) is 78.8 Å². The summed E-state index contributed by atoms with van der Waals surface area (Å²) in [6.45, 7) is 6.42. The summed E-state index contributed by atoms with van der Waals surface area (Å²) in [5.74, 6) is -0.814. The van der Waals surface area contributed by atoms with Crippen LogP contribution in [-0.2, 0) is 26.2 Å². The summed E-state index contributed by atoms with van der Waals surface area (Å²) in [6.07, 6.45) is 2.69. The molecular formula is C33H38N5O9S-. The lowest BCUT2D eigenvalue weighted by Crippen LogP contribution is -2.33. The Balaban J connectivity index is 1.83. The van der Waals surface area contributed by atoms with Crippen molar-refractivity contribution in [2.24, 2.45) is 5.41 Å². The Kier molecular flexibility index (Phi) is 12.0. The van der Waals surface area contributed by atoms with Gasteiger partial charge in [0.2, 0.25) is 11.6 Å². The quantitative estimate of drug-likeness (QED) is 0.134. The van der Waals surface area contributed by atoms with Crippen molar-refractivity contribution >= 4 is 28.7 Å². The standard InChI is InChI=1S/C33H39N5O9S/c1-32(2,3)22-11-13-23(14-12-22)38(48(42)43)30-27(47-25-10-7-6-9-24(25)44-5)31(37-29(36-30)28-34-16-8-17-35-28)45-18-15-26(41)46-21-33(4,19-39)20-40/h6-14,16-17,39-40H,15,18-21H2,1-5H3,(H,42,43)/p-1. The van der Waals surface area contributed by atoms with E-state index < -0.39 is 22.7 Å². The largest absolute Gasteiger partial charge is 0.755 e.